The molecular weight excluding hydrogens is 350 g/mol. The van der Waals surface area contributed by atoms with Gasteiger partial charge in [-0.15, -0.1) is 10.2 Å². The third-order valence-corrected chi connectivity index (χ3v) is 4.66. The van der Waals surface area contributed by atoms with Crippen LogP contribution in [0, 0.1) is 0 Å². The van der Waals surface area contributed by atoms with Crippen LogP contribution in [0.2, 0.25) is 0 Å². The molecule has 0 amide bonds. The van der Waals surface area contributed by atoms with E-state index in [2.05, 4.69) is 15.4 Å². The summed E-state index contributed by atoms with van der Waals surface area (Å²) in [4.78, 5) is 0. The Morgan fingerprint density at radius 1 is 0.679 bits per heavy atom. The molecule has 0 aliphatic rings. The average molecular weight is 369 g/mol. The minimum atomic E-state index is 0.0127. The monoisotopic (exact) mass is 369 g/mol. The molecule has 5 heteroatoms. The fourth-order valence-corrected chi connectivity index (χ4v) is 3.30. The van der Waals surface area contributed by atoms with Crippen molar-refractivity contribution in [3.05, 3.63) is 101 Å². The predicted octanol–water partition coefficient (Wildman–Crippen LogP) is 4.13. The molecule has 28 heavy (non-hydrogen) atoms. The lowest BCUT2D eigenvalue weighted by molar-refractivity contribution is 0.446. The molecule has 3 aromatic carbocycles. The van der Waals surface area contributed by atoms with Gasteiger partial charge in [-0.05, 0) is 39.6 Å². The Hall–Kier alpha value is -3.73. The Kier molecular flexibility index (Phi) is 4.97. The molecule has 0 aliphatic carbocycles. The van der Waals surface area contributed by atoms with Crippen molar-refractivity contribution in [2.45, 2.75) is 12.8 Å². The second-order valence-corrected chi connectivity index (χ2v) is 6.60. The van der Waals surface area contributed by atoms with Gasteiger partial charge < -0.3 is 10.2 Å². The van der Waals surface area contributed by atoms with Crippen molar-refractivity contribution < 1.29 is 10.2 Å². The summed E-state index contributed by atoms with van der Waals surface area (Å²) in [5.41, 5.74) is 4.26. The molecule has 5 nitrogen and oxygen atoms in total. The second-order valence-electron chi connectivity index (χ2n) is 6.60. The maximum absolute atomic E-state index is 10.9. The molecule has 0 aliphatic heterocycles. The molecule has 0 saturated carbocycles. The smallest absolute Gasteiger partial charge is 0.132 e. The summed E-state index contributed by atoms with van der Waals surface area (Å²) in [5, 5.41) is 33.2. The molecule has 0 atom stereocenters. The van der Waals surface area contributed by atoms with Gasteiger partial charge in [0.25, 0.3) is 0 Å². The lowest BCUT2D eigenvalue weighted by atomic mass is 9.93. The first-order valence-corrected chi connectivity index (χ1v) is 9.01. The number of hydrogen-bond donors (Lipinski definition) is 2. The highest BCUT2D eigenvalue weighted by Gasteiger charge is 2.20. The molecule has 0 unspecified atom stereocenters. The van der Waals surface area contributed by atoms with Gasteiger partial charge in [0.15, 0.2) is 0 Å². The summed E-state index contributed by atoms with van der Waals surface area (Å²) in [6.45, 7) is 0. The van der Waals surface area contributed by atoms with Crippen LogP contribution in [0.15, 0.2) is 79.0 Å². The maximum atomic E-state index is 10.9. The van der Waals surface area contributed by atoms with E-state index in [9.17, 15) is 10.2 Å². The van der Waals surface area contributed by atoms with Gasteiger partial charge in [0.2, 0.25) is 0 Å². The Morgan fingerprint density at radius 3 is 1.68 bits per heavy atom. The van der Waals surface area contributed by atoms with E-state index in [0.29, 0.717) is 18.5 Å². The molecule has 2 N–H and O–H groups in total. The number of aromatic nitrogens is 3. The Labute approximate surface area is 163 Å². The van der Waals surface area contributed by atoms with E-state index in [4.69, 9.17) is 0 Å². The van der Waals surface area contributed by atoms with Crippen molar-refractivity contribution in [2.24, 2.45) is 0 Å². The highest BCUT2D eigenvalue weighted by molar-refractivity contribution is 5.77. The van der Waals surface area contributed by atoms with E-state index in [1.165, 1.54) is 6.20 Å². The predicted molar refractivity (Wildman–Crippen MR) is 107 cm³/mol. The van der Waals surface area contributed by atoms with E-state index in [1.807, 2.05) is 66.7 Å². The standard InChI is InChI=1S/C23H19N3O2/c27-22-18(13-16-7-3-1-4-8-16)15-19(14-17-9-5-2-6-10-17)23(28)21(22)20-11-12-24-26-25-20/h1-12,15,27-28H,13-14H2. The molecule has 0 saturated heterocycles. The van der Waals surface area contributed by atoms with Crippen LogP contribution in [0.3, 0.4) is 0 Å². The van der Waals surface area contributed by atoms with Gasteiger partial charge >= 0.3 is 0 Å². The van der Waals surface area contributed by atoms with E-state index < -0.39 is 0 Å². The average Bonchev–Trinajstić information content (AvgIpc) is 2.74. The van der Waals surface area contributed by atoms with Crippen molar-refractivity contribution in [2.75, 3.05) is 0 Å². The number of aromatic hydroxyl groups is 2. The molecule has 1 aromatic heterocycles. The number of nitrogens with zero attached hydrogens (tertiary/aromatic N) is 3. The van der Waals surface area contributed by atoms with Gasteiger partial charge in [-0.25, -0.2) is 0 Å². The van der Waals surface area contributed by atoms with Crippen LogP contribution >= 0.6 is 0 Å². The minimum absolute atomic E-state index is 0.0127. The maximum Gasteiger partial charge on any atom is 0.132 e. The highest BCUT2D eigenvalue weighted by Crippen LogP contribution is 2.42. The normalized spacial score (nSPS) is 10.7. The third-order valence-electron chi connectivity index (χ3n) is 4.66. The molecule has 0 radical (unpaired) electrons. The first kappa shape index (κ1) is 17.7. The van der Waals surface area contributed by atoms with Crippen molar-refractivity contribution >= 4 is 0 Å². The zero-order valence-electron chi connectivity index (χ0n) is 15.2. The van der Waals surface area contributed by atoms with Crippen LogP contribution in [0.4, 0.5) is 0 Å². The zero-order valence-corrected chi connectivity index (χ0v) is 15.2. The van der Waals surface area contributed by atoms with Crippen molar-refractivity contribution in [3.8, 4) is 22.8 Å². The van der Waals surface area contributed by atoms with E-state index in [0.717, 1.165) is 22.3 Å². The second kappa shape index (κ2) is 7.88. The first-order chi connectivity index (χ1) is 13.7. The van der Waals surface area contributed by atoms with Crippen molar-refractivity contribution in [1.29, 1.82) is 0 Å². The lowest BCUT2D eigenvalue weighted by Gasteiger charge is -2.16. The first-order valence-electron chi connectivity index (χ1n) is 9.01. The largest absolute Gasteiger partial charge is 0.507 e. The van der Waals surface area contributed by atoms with E-state index >= 15 is 0 Å². The Bertz CT molecular complexity index is 1000. The van der Waals surface area contributed by atoms with Crippen LogP contribution in [0.25, 0.3) is 11.3 Å². The van der Waals surface area contributed by atoms with Gasteiger partial charge in [0.05, 0.1) is 11.8 Å². The van der Waals surface area contributed by atoms with E-state index in [1.54, 1.807) is 6.07 Å². The van der Waals surface area contributed by atoms with Crippen LogP contribution in [0.5, 0.6) is 11.5 Å². The molecule has 4 rings (SSSR count). The number of hydrogen-bond acceptors (Lipinski definition) is 5. The van der Waals surface area contributed by atoms with Crippen LogP contribution < -0.4 is 0 Å². The molecule has 138 valence electrons. The van der Waals surface area contributed by atoms with Crippen molar-refractivity contribution in [3.63, 3.8) is 0 Å². The lowest BCUT2D eigenvalue weighted by Crippen LogP contribution is -1.99. The molecular formula is C23H19N3O2. The summed E-state index contributed by atoms with van der Waals surface area (Å²) in [5.74, 6) is 0.0253. The summed E-state index contributed by atoms with van der Waals surface area (Å²) in [6.07, 6.45) is 2.57. The van der Waals surface area contributed by atoms with Gasteiger partial charge in [-0.1, -0.05) is 60.7 Å². The number of rotatable bonds is 5. The topological polar surface area (TPSA) is 79.1 Å². The number of phenols is 2. The van der Waals surface area contributed by atoms with Crippen LogP contribution in [0.1, 0.15) is 22.3 Å². The van der Waals surface area contributed by atoms with Crippen LogP contribution in [-0.4, -0.2) is 25.6 Å². The molecule has 0 bridgehead atoms. The SMILES string of the molecule is Oc1c(Cc2ccccc2)cc(Cc2ccccc2)c(O)c1-c1ccnnn1. The van der Waals surface area contributed by atoms with Gasteiger partial charge in [-0.2, -0.15) is 0 Å². The summed E-state index contributed by atoms with van der Waals surface area (Å²) < 4.78 is 0. The Morgan fingerprint density at radius 2 is 1.21 bits per heavy atom. The van der Waals surface area contributed by atoms with Crippen LogP contribution in [-0.2, 0) is 12.8 Å². The molecule has 4 aromatic rings. The fraction of sp³-hybridized carbons (Fsp3) is 0.0870. The molecule has 0 fully saturated rings. The minimum Gasteiger partial charge on any atom is -0.507 e. The van der Waals surface area contributed by atoms with Gasteiger partial charge in [-0.3, -0.25) is 0 Å². The van der Waals surface area contributed by atoms with Gasteiger partial charge in [0, 0.05) is 12.8 Å². The summed E-state index contributed by atoms with van der Waals surface area (Å²) in [6, 6.07) is 23.3. The molecule has 1 heterocycles. The number of phenolic OH excluding ortho intramolecular Hbond substituents is 2. The van der Waals surface area contributed by atoms with Crippen molar-refractivity contribution in [1.82, 2.24) is 15.4 Å². The third kappa shape index (κ3) is 3.69. The molecule has 0 spiro atoms. The zero-order chi connectivity index (χ0) is 19.3. The Balaban J connectivity index is 1.84. The quantitative estimate of drug-likeness (QED) is 0.553. The van der Waals surface area contributed by atoms with Gasteiger partial charge in [0.1, 0.15) is 17.2 Å². The highest BCUT2D eigenvalue weighted by atomic mass is 16.3. The van der Waals surface area contributed by atoms with E-state index in [-0.39, 0.29) is 17.1 Å². The summed E-state index contributed by atoms with van der Waals surface area (Å²) >= 11 is 0. The fourth-order valence-electron chi connectivity index (χ4n) is 3.30. The summed E-state index contributed by atoms with van der Waals surface area (Å²) in [7, 11) is 0. The number of benzene rings is 3.